The van der Waals surface area contributed by atoms with Crippen LogP contribution in [0, 0.1) is 0 Å². The normalized spacial score (nSPS) is 14.7. The average molecular weight is 879 g/mol. The summed E-state index contributed by atoms with van der Waals surface area (Å²) in [5.74, 6) is -0.0780. The van der Waals surface area contributed by atoms with Crippen molar-refractivity contribution < 1.29 is 52.3 Å². The molecule has 3 unspecified atom stereocenters. The van der Waals surface area contributed by atoms with Gasteiger partial charge in [-0.3, -0.25) is 19.1 Å². The monoisotopic (exact) mass is 879 g/mol. The number of carbonyl (C=O) groups is 2. The molecule has 1 aromatic rings. The summed E-state index contributed by atoms with van der Waals surface area (Å²) in [5, 5.41) is 19.2. The highest BCUT2D eigenvalue weighted by atomic mass is 31.2. The second-order valence-electron chi connectivity index (χ2n) is 16.5. The van der Waals surface area contributed by atoms with Crippen LogP contribution in [0.25, 0.3) is 0 Å². The van der Waals surface area contributed by atoms with Crippen LogP contribution in [0.5, 0.6) is 0 Å². The van der Waals surface area contributed by atoms with Crippen molar-refractivity contribution in [2.24, 2.45) is 0 Å². The third kappa shape index (κ3) is 27.9. The van der Waals surface area contributed by atoms with Crippen molar-refractivity contribution in [1.82, 2.24) is 0 Å². The van der Waals surface area contributed by atoms with Gasteiger partial charge in [0, 0.05) is 24.5 Å². The number of aliphatic hydroxyl groups excluding tert-OH is 2. The van der Waals surface area contributed by atoms with Crippen LogP contribution in [0.3, 0.4) is 0 Å². The predicted molar refractivity (Wildman–Crippen MR) is 241 cm³/mol. The lowest BCUT2D eigenvalue weighted by Gasteiger charge is -2.26. The number of anilines is 1. The first kappa shape index (κ1) is 54.5. The van der Waals surface area contributed by atoms with E-state index in [0.717, 1.165) is 70.0 Å². The van der Waals surface area contributed by atoms with E-state index in [1.54, 1.807) is 12.3 Å². The van der Waals surface area contributed by atoms with E-state index >= 15 is 0 Å². The number of hydrogen-bond donors (Lipinski definition) is 2. The van der Waals surface area contributed by atoms with Crippen LogP contribution in [0.1, 0.15) is 192 Å². The van der Waals surface area contributed by atoms with E-state index in [4.69, 9.17) is 18.5 Å². The van der Waals surface area contributed by atoms with Crippen LogP contribution >= 0.6 is 7.82 Å². The molecule has 61 heavy (non-hydrogen) atoms. The number of pyridine rings is 1. The first-order valence-electron chi connectivity index (χ1n) is 24.0. The number of fused-ring (bicyclic) bond motifs is 1. The van der Waals surface area contributed by atoms with Crippen LogP contribution < -0.4 is 14.4 Å². The lowest BCUT2D eigenvalue weighted by molar-refractivity contribution is -0.671. The molecule has 0 aliphatic carbocycles. The van der Waals surface area contributed by atoms with Crippen LogP contribution in [0.15, 0.2) is 42.6 Å². The molecular formula is C48H83N2O10P. The van der Waals surface area contributed by atoms with Crippen molar-refractivity contribution in [3.05, 3.63) is 48.2 Å². The second kappa shape index (κ2) is 35.8. The Kier molecular flexibility index (Phi) is 32.0. The standard InChI is InChI=1S/C48H83N2O10P/c1-3-5-7-9-11-13-15-17-18-20-21-23-25-27-29-31-47(53)57-41-44(60-48(54)32-30-28-26-24-22-19-16-14-12-10-8-6-4-2)42-59-61(55,56)58-38-37-49-35-36-50-39-43(45(52)40-51)33-34-46(49)50/h11,13,17-18,33-34,39,44-45,51-52H,3-10,12,14-16,19-32,35-38,40-42H2,1-2H3/b13-11-,18-17-. The molecule has 2 N–H and O–H groups in total. The minimum absolute atomic E-state index is 0.173. The molecule has 0 amide bonds. The SMILES string of the molecule is CCCCC/C=C\C/C=C\CCCCCCCC(=O)OCC(COP(=O)([O-])OCCN1CC[n+]2cc(C(O)CO)ccc21)OC(=O)CCCCCCCCCCCCCCC. The predicted octanol–water partition coefficient (Wildman–Crippen LogP) is 10.1. The van der Waals surface area contributed by atoms with Gasteiger partial charge in [0.25, 0.3) is 13.6 Å². The maximum absolute atomic E-state index is 12.8. The van der Waals surface area contributed by atoms with Crippen molar-refractivity contribution in [2.45, 2.75) is 200 Å². The summed E-state index contributed by atoms with van der Waals surface area (Å²) in [6.07, 6.45) is 36.4. The van der Waals surface area contributed by atoms with Crippen LogP contribution in [-0.4, -0.2) is 67.8 Å². The van der Waals surface area contributed by atoms with Gasteiger partial charge in [0.05, 0.1) is 26.0 Å². The lowest BCUT2D eigenvalue weighted by Crippen LogP contribution is -2.32. The van der Waals surface area contributed by atoms with E-state index < -0.39 is 38.6 Å². The van der Waals surface area contributed by atoms with Crippen molar-refractivity contribution in [3.63, 3.8) is 0 Å². The fourth-order valence-electron chi connectivity index (χ4n) is 7.36. The highest BCUT2D eigenvalue weighted by Crippen LogP contribution is 2.38. The fraction of sp³-hybridized carbons (Fsp3) is 0.771. The van der Waals surface area contributed by atoms with E-state index in [1.165, 1.54) is 77.0 Å². The highest BCUT2D eigenvalue weighted by Gasteiger charge is 2.29. The number of hydrogen-bond acceptors (Lipinski definition) is 11. The van der Waals surface area contributed by atoms with Gasteiger partial charge >= 0.3 is 11.9 Å². The molecule has 0 fully saturated rings. The number of phosphoric ester groups is 1. The zero-order chi connectivity index (χ0) is 44.2. The van der Waals surface area contributed by atoms with Gasteiger partial charge in [-0.05, 0) is 51.0 Å². The molecule has 3 atom stereocenters. The Morgan fingerprint density at radius 3 is 1.90 bits per heavy atom. The summed E-state index contributed by atoms with van der Waals surface area (Å²) in [6, 6.07) is 3.53. The largest absolute Gasteiger partial charge is 0.756 e. The molecule has 0 spiro atoms. The third-order valence-electron chi connectivity index (χ3n) is 11.1. The highest BCUT2D eigenvalue weighted by molar-refractivity contribution is 7.45. The Morgan fingerprint density at radius 2 is 1.30 bits per heavy atom. The molecular weight excluding hydrogens is 796 g/mol. The molecule has 0 saturated carbocycles. The summed E-state index contributed by atoms with van der Waals surface area (Å²) < 4.78 is 36.0. The molecule has 0 radical (unpaired) electrons. The smallest absolute Gasteiger partial charge is 0.306 e. The molecule has 1 aliphatic rings. The lowest BCUT2D eigenvalue weighted by atomic mass is 10.0. The number of aromatic nitrogens is 1. The second-order valence-corrected chi connectivity index (χ2v) is 18.0. The van der Waals surface area contributed by atoms with E-state index in [1.807, 2.05) is 15.5 Å². The van der Waals surface area contributed by atoms with Crippen LogP contribution in [0.4, 0.5) is 5.82 Å². The Morgan fingerprint density at radius 1 is 0.754 bits per heavy atom. The zero-order valence-corrected chi connectivity index (χ0v) is 38.9. The zero-order valence-electron chi connectivity index (χ0n) is 38.0. The minimum Gasteiger partial charge on any atom is -0.756 e. The Balaban J connectivity index is 1.72. The van der Waals surface area contributed by atoms with E-state index in [-0.39, 0.29) is 39.2 Å². The van der Waals surface area contributed by atoms with Crippen molar-refractivity contribution in [1.29, 1.82) is 0 Å². The molecule has 2 heterocycles. The maximum Gasteiger partial charge on any atom is 0.306 e. The van der Waals surface area contributed by atoms with Gasteiger partial charge in [-0.2, -0.15) is 0 Å². The number of phosphoric acid groups is 1. The van der Waals surface area contributed by atoms with Gasteiger partial charge in [0.1, 0.15) is 32.3 Å². The quantitative estimate of drug-likeness (QED) is 0.0212. The Bertz CT molecular complexity index is 1390. The Labute approximate surface area is 369 Å². The molecule has 1 aliphatic heterocycles. The van der Waals surface area contributed by atoms with Gasteiger partial charge < -0.3 is 33.6 Å². The summed E-state index contributed by atoms with van der Waals surface area (Å²) >= 11 is 0. The number of carbonyl (C=O) groups excluding carboxylic acids is 2. The first-order valence-corrected chi connectivity index (χ1v) is 25.5. The average Bonchev–Trinajstić information content (AvgIpc) is 3.66. The molecule has 2 rings (SSSR count). The minimum atomic E-state index is -4.78. The first-order chi connectivity index (χ1) is 29.7. The van der Waals surface area contributed by atoms with Gasteiger partial charge in [0.2, 0.25) is 0 Å². The van der Waals surface area contributed by atoms with Crippen molar-refractivity contribution in [3.8, 4) is 0 Å². The van der Waals surface area contributed by atoms with Crippen LogP contribution in [-0.2, 0) is 39.2 Å². The number of ether oxygens (including phenoxy) is 2. The topological polar surface area (TPSA) is 159 Å². The summed E-state index contributed by atoms with van der Waals surface area (Å²) in [7, 11) is -4.78. The number of aliphatic hydroxyl groups is 2. The maximum atomic E-state index is 12.8. The molecule has 350 valence electrons. The number of allylic oxidation sites excluding steroid dienone is 4. The van der Waals surface area contributed by atoms with E-state index in [0.29, 0.717) is 31.5 Å². The Hall–Kier alpha value is -2.60. The molecule has 0 aromatic carbocycles. The van der Waals surface area contributed by atoms with E-state index in [9.17, 15) is 29.3 Å². The summed E-state index contributed by atoms with van der Waals surface area (Å²) in [6.45, 7) is 4.59. The summed E-state index contributed by atoms with van der Waals surface area (Å²) in [4.78, 5) is 40.1. The third-order valence-corrected chi connectivity index (χ3v) is 12.1. The number of unbranched alkanes of at least 4 members (excludes halogenated alkanes) is 20. The summed E-state index contributed by atoms with van der Waals surface area (Å²) in [5.41, 5.74) is 0.591. The number of esters is 2. The molecule has 1 aromatic heterocycles. The van der Waals surface area contributed by atoms with Crippen molar-refractivity contribution >= 4 is 25.6 Å². The molecule has 0 saturated heterocycles. The van der Waals surface area contributed by atoms with E-state index in [2.05, 4.69) is 38.2 Å². The van der Waals surface area contributed by atoms with Crippen molar-refractivity contribution in [2.75, 3.05) is 44.4 Å². The van der Waals surface area contributed by atoms with Gasteiger partial charge in [-0.15, -0.1) is 0 Å². The molecule has 12 nitrogen and oxygen atoms in total. The van der Waals surface area contributed by atoms with Gasteiger partial charge in [-0.1, -0.05) is 147 Å². The molecule has 0 bridgehead atoms. The van der Waals surface area contributed by atoms with Gasteiger partial charge in [0.15, 0.2) is 6.10 Å². The van der Waals surface area contributed by atoms with Gasteiger partial charge in [-0.25, -0.2) is 4.57 Å². The molecule has 13 heteroatoms. The number of rotatable bonds is 40. The fourth-order valence-corrected chi connectivity index (χ4v) is 8.08. The van der Waals surface area contributed by atoms with Crippen LogP contribution in [0.2, 0.25) is 0 Å². The number of nitrogens with zero attached hydrogens (tertiary/aromatic N) is 2.